The van der Waals surface area contributed by atoms with E-state index in [1.54, 1.807) is 0 Å². The first-order valence-electron chi connectivity index (χ1n) is 4.13. The van der Waals surface area contributed by atoms with E-state index in [1.807, 2.05) is 4.90 Å². The first-order chi connectivity index (χ1) is 5.70. The number of nitrogens with two attached hydrogens (primary N) is 2. The van der Waals surface area contributed by atoms with E-state index in [-0.39, 0.29) is 24.3 Å². The fraction of sp³-hybridized carbons (Fsp3) is 0.714. The third kappa shape index (κ3) is 3.98. The Hall–Kier alpha value is -0.970. The molecule has 0 aliphatic carbocycles. The van der Waals surface area contributed by atoms with Gasteiger partial charge in [0.1, 0.15) is 0 Å². The molecule has 1 aliphatic heterocycles. The van der Waals surface area contributed by atoms with Gasteiger partial charge in [-0.25, -0.2) is 0 Å². The molecule has 0 amide bonds. The van der Waals surface area contributed by atoms with Gasteiger partial charge in [-0.1, -0.05) is 0 Å². The number of hydrogen-bond donors (Lipinski definition) is 3. The van der Waals surface area contributed by atoms with Gasteiger partial charge in [-0.3, -0.25) is 5.41 Å². The molecule has 0 bridgehead atoms. The number of nitrogens with zero attached hydrogens (tertiary/aromatic N) is 2. The predicted molar refractivity (Wildman–Crippen MR) is 49.0 cm³/mol. The average Bonchev–Trinajstić information content (AvgIpc) is 2.05. The first-order valence-corrected chi connectivity index (χ1v) is 4.13. The molecule has 76 valence electrons. The van der Waals surface area contributed by atoms with Crippen LogP contribution in [-0.2, 0) is 0 Å². The van der Waals surface area contributed by atoms with E-state index in [9.17, 15) is 0 Å². The number of halogens is 1. The average molecular weight is 205 g/mol. The Bertz CT molecular complexity index is 193. The summed E-state index contributed by atoms with van der Waals surface area (Å²) in [5, 5.41) is 7.49. The standard InChI is InChI=1S/C7H15N5.ClH/c8-6(9)11-7(10)12-4-2-1-3-5-12;/h1-5H2,(H5,8,9,10,11);1H/p-1. The molecular formula is C7H15ClN5-. The van der Waals surface area contributed by atoms with Gasteiger partial charge in [0.2, 0.25) is 5.96 Å². The Morgan fingerprint density at radius 1 is 1.15 bits per heavy atom. The number of rotatable bonds is 0. The van der Waals surface area contributed by atoms with Gasteiger partial charge in [0.15, 0.2) is 5.96 Å². The van der Waals surface area contributed by atoms with Crippen LogP contribution in [0.5, 0.6) is 0 Å². The largest absolute Gasteiger partial charge is 1.00 e. The van der Waals surface area contributed by atoms with Crippen molar-refractivity contribution in [3.8, 4) is 0 Å². The lowest BCUT2D eigenvalue weighted by molar-refractivity contribution is -0.00000327. The quantitative estimate of drug-likeness (QED) is 0.285. The van der Waals surface area contributed by atoms with E-state index < -0.39 is 0 Å². The molecule has 0 saturated carbocycles. The van der Waals surface area contributed by atoms with Crippen molar-refractivity contribution in [1.29, 1.82) is 5.41 Å². The van der Waals surface area contributed by atoms with E-state index in [0.29, 0.717) is 0 Å². The smallest absolute Gasteiger partial charge is 0.221 e. The van der Waals surface area contributed by atoms with Gasteiger partial charge in [0.05, 0.1) is 0 Å². The van der Waals surface area contributed by atoms with Crippen molar-refractivity contribution in [2.75, 3.05) is 13.1 Å². The molecular weight excluding hydrogens is 190 g/mol. The van der Waals surface area contributed by atoms with Crippen LogP contribution in [0.1, 0.15) is 19.3 Å². The molecule has 5 N–H and O–H groups in total. The van der Waals surface area contributed by atoms with Crippen molar-refractivity contribution in [3.05, 3.63) is 0 Å². The lowest BCUT2D eigenvalue weighted by Gasteiger charge is -2.26. The van der Waals surface area contributed by atoms with Gasteiger partial charge in [-0.05, 0) is 19.3 Å². The van der Waals surface area contributed by atoms with Crippen LogP contribution in [0.2, 0.25) is 0 Å². The zero-order valence-electron chi connectivity index (χ0n) is 7.46. The summed E-state index contributed by atoms with van der Waals surface area (Å²) in [6.45, 7) is 1.80. The molecule has 1 heterocycles. The van der Waals surface area contributed by atoms with Crippen molar-refractivity contribution >= 4 is 11.9 Å². The molecule has 1 aliphatic rings. The lowest BCUT2D eigenvalue weighted by Crippen LogP contribution is -3.00. The van der Waals surface area contributed by atoms with Crippen LogP contribution in [0, 0.1) is 5.41 Å². The Morgan fingerprint density at radius 3 is 2.15 bits per heavy atom. The van der Waals surface area contributed by atoms with Crippen LogP contribution >= 0.6 is 0 Å². The van der Waals surface area contributed by atoms with Crippen LogP contribution < -0.4 is 23.9 Å². The van der Waals surface area contributed by atoms with E-state index in [1.165, 1.54) is 6.42 Å². The van der Waals surface area contributed by atoms with Gasteiger partial charge in [0, 0.05) is 13.1 Å². The van der Waals surface area contributed by atoms with Crippen molar-refractivity contribution in [2.24, 2.45) is 16.5 Å². The zero-order valence-corrected chi connectivity index (χ0v) is 8.22. The Kier molecular flexibility index (Phi) is 5.22. The summed E-state index contributed by atoms with van der Waals surface area (Å²) in [5.41, 5.74) is 10.3. The number of guanidine groups is 2. The van der Waals surface area contributed by atoms with E-state index in [4.69, 9.17) is 16.9 Å². The molecule has 0 aromatic rings. The second-order valence-electron chi connectivity index (χ2n) is 2.91. The molecule has 0 atom stereocenters. The predicted octanol–water partition coefficient (Wildman–Crippen LogP) is -3.32. The summed E-state index contributed by atoms with van der Waals surface area (Å²) in [6.07, 6.45) is 3.50. The number of likely N-dealkylation sites (tertiary alicyclic amines) is 1. The molecule has 1 saturated heterocycles. The number of aliphatic imine (C=N–C) groups is 1. The van der Waals surface area contributed by atoms with Gasteiger partial charge >= 0.3 is 0 Å². The summed E-state index contributed by atoms with van der Waals surface area (Å²) in [5.74, 6) is 0.153. The maximum absolute atomic E-state index is 7.49. The van der Waals surface area contributed by atoms with Gasteiger partial charge < -0.3 is 28.8 Å². The molecule has 0 spiro atoms. The number of hydrogen-bond acceptors (Lipinski definition) is 1. The molecule has 0 aromatic carbocycles. The summed E-state index contributed by atoms with van der Waals surface area (Å²) in [4.78, 5) is 5.57. The van der Waals surface area contributed by atoms with Crippen molar-refractivity contribution in [2.45, 2.75) is 19.3 Å². The van der Waals surface area contributed by atoms with Crippen molar-refractivity contribution in [3.63, 3.8) is 0 Å². The van der Waals surface area contributed by atoms with Gasteiger partial charge in [-0.2, -0.15) is 4.99 Å². The number of nitrogens with one attached hydrogen (secondary N) is 1. The summed E-state index contributed by atoms with van der Waals surface area (Å²) >= 11 is 0. The first kappa shape index (κ1) is 12.0. The van der Waals surface area contributed by atoms with Crippen LogP contribution in [0.3, 0.4) is 0 Å². The van der Waals surface area contributed by atoms with Gasteiger partial charge in [-0.15, -0.1) is 0 Å². The minimum absolute atomic E-state index is 0. The molecule has 6 heteroatoms. The second kappa shape index (κ2) is 5.64. The number of piperidine rings is 1. The summed E-state index contributed by atoms with van der Waals surface area (Å²) in [6, 6.07) is 0. The molecule has 13 heavy (non-hydrogen) atoms. The minimum atomic E-state index is -0.0365. The van der Waals surface area contributed by atoms with E-state index >= 15 is 0 Å². The third-order valence-corrected chi connectivity index (χ3v) is 1.89. The Balaban J connectivity index is 0.00000144. The van der Waals surface area contributed by atoms with Crippen LogP contribution in [0.4, 0.5) is 0 Å². The lowest BCUT2D eigenvalue weighted by atomic mass is 10.1. The molecule has 0 unspecified atom stereocenters. The third-order valence-electron chi connectivity index (χ3n) is 1.89. The maximum atomic E-state index is 7.49. The van der Waals surface area contributed by atoms with E-state index in [0.717, 1.165) is 25.9 Å². The van der Waals surface area contributed by atoms with Crippen LogP contribution in [0.25, 0.3) is 0 Å². The topological polar surface area (TPSA) is 91.5 Å². The van der Waals surface area contributed by atoms with Gasteiger partial charge in [0.25, 0.3) is 0 Å². The summed E-state index contributed by atoms with van der Waals surface area (Å²) < 4.78 is 0. The second-order valence-corrected chi connectivity index (χ2v) is 2.91. The molecule has 1 rings (SSSR count). The van der Waals surface area contributed by atoms with Crippen LogP contribution in [0.15, 0.2) is 4.99 Å². The normalized spacial score (nSPS) is 15.8. The Labute approximate surface area is 84.1 Å². The molecule has 5 nitrogen and oxygen atoms in total. The van der Waals surface area contributed by atoms with Crippen molar-refractivity contribution in [1.82, 2.24) is 4.90 Å². The monoisotopic (exact) mass is 204 g/mol. The molecule has 0 radical (unpaired) electrons. The van der Waals surface area contributed by atoms with Crippen molar-refractivity contribution < 1.29 is 12.4 Å². The highest BCUT2D eigenvalue weighted by Crippen LogP contribution is 2.08. The Morgan fingerprint density at radius 2 is 1.69 bits per heavy atom. The zero-order chi connectivity index (χ0) is 8.97. The van der Waals surface area contributed by atoms with Crippen LogP contribution in [-0.4, -0.2) is 29.9 Å². The fourth-order valence-corrected chi connectivity index (χ4v) is 1.30. The SMILES string of the molecule is N=C(N=C(N)N)N1CCCCC1.[Cl-]. The maximum Gasteiger partial charge on any atom is 0.221 e. The highest BCUT2D eigenvalue weighted by molar-refractivity contribution is 5.91. The molecule has 1 fully saturated rings. The fourth-order valence-electron chi connectivity index (χ4n) is 1.30. The highest BCUT2D eigenvalue weighted by Gasteiger charge is 2.12. The van der Waals surface area contributed by atoms with E-state index in [2.05, 4.69) is 4.99 Å². The summed E-state index contributed by atoms with van der Waals surface area (Å²) in [7, 11) is 0. The highest BCUT2D eigenvalue weighted by atomic mass is 35.5. The minimum Gasteiger partial charge on any atom is -1.00 e. The molecule has 0 aromatic heterocycles.